The van der Waals surface area contributed by atoms with E-state index >= 15 is 0 Å². The molecule has 0 aliphatic carbocycles. The molecule has 0 heterocycles. The van der Waals surface area contributed by atoms with Gasteiger partial charge in [0.2, 0.25) is 5.91 Å². The summed E-state index contributed by atoms with van der Waals surface area (Å²) in [5, 5.41) is 11.8. The van der Waals surface area contributed by atoms with Gasteiger partial charge in [0.05, 0.1) is 5.92 Å². The molecule has 0 aromatic carbocycles. The fraction of sp³-hybridized carbons (Fsp3) is 0.857. The van der Waals surface area contributed by atoms with Crippen LogP contribution in [0.5, 0.6) is 0 Å². The fourth-order valence-electron chi connectivity index (χ4n) is 2.01. The van der Waals surface area contributed by atoms with Crippen molar-refractivity contribution in [3.05, 3.63) is 0 Å². The van der Waals surface area contributed by atoms with E-state index in [9.17, 15) is 4.79 Å². The highest BCUT2D eigenvalue weighted by Gasteiger charge is 2.26. The van der Waals surface area contributed by atoms with Gasteiger partial charge in [0.1, 0.15) is 0 Å². The maximum Gasteiger partial charge on any atom is 0.233 e. The van der Waals surface area contributed by atoms with E-state index in [0.29, 0.717) is 6.42 Å². The highest BCUT2D eigenvalue weighted by atomic mass is 16.4. The number of carbonyl (C=O) groups excluding carboxylic acids is 1. The van der Waals surface area contributed by atoms with Gasteiger partial charge in [-0.3, -0.25) is 4.79 Å². The predicted molar refractivity (Wildman–Crippen MR) is 78.2 cm³/mol. The Bertz CT molecular complexity index is 272. The first-order chi connectivity index (χ1) is 9.12. The van der Waals surface area contributed by atoms with Gasteiger partial charge in [0, 0.05) is 13.1 Å². The number of amidine groups is 1. The standard InChI is InChI=1S/C14H29N3O2/c1-4-7-10-17(11-8-5-2)14(18)12(9-6-3)13(15)16-19/h12,19H,4-11H2,1-3H3,(H2,15,16). The van der Waals surface area contributed by atoms with Crippen LogP contribution in [-0.4, -0.2) is 34.9 Å². The molecular weight excluding hydrogens is 242 g/mol. The number of rotatable bonds is 10. The van der Waals surface area contributed by atoms with Crippen molar-refractivity contribution in [2.24, 2.45) is 16.8 Å². The van der Waals surface area contributed by atoms with Crippen molar-refractivity contribution >= 4 is 11.7 Å². The average molecular weight is 271 g/mol. The first-order valence-corrected chi connectivity index (χ1v) is 7.38. The van der Waals surface area contributed by atoms with Crippen molar-refractivity contribution in [1.82, 2.24) is 4.90 Å². The smallest absolute Gasteiger partial charge is 0.233 e. The second-order valence-corrected chi connectivity index (χ2v) is 4.90. The van der Waals surface area contributed by atoms with Gasteiger partial charge in [0.25, 0.3) is 0 Å². The Balaban J connectivity index is 4.78. The number of nitrogens with zero attached hydrogens (tertiary/aromatic N) is 2. The first-order valence-electron chi connectivity index (χ1n) is 7.38. The molecule has 19 heavy (non-hydrogen) atoms. The van der Waals surface area contributed by atoms with Gasteiger partial charge in [-0.1, -0.05) is 45.2 Å². The highest BCUT2D eigenvalue weighted by molar-refractivity contribution is 6.02. The molecule has 5 nitrogen and oxygen atoms in total. The van der Waals surface area contributed by atoms with Crippen molar-refractivity contribution in [1.29, 1.82) is 0 Å². The second-order valence-electron chi connectivity index (χ2n) is 4.90. The minimum absolute atomic E-state index is 0.000880. The largest absolute Gasteiger partial charge is 0.409 e. The van der Waals surface area contributed by atoms with Crippen LogP contribution >= 0.6 is 0 Å². The normalized spacial score (nSPS) is 13.3. The summed E-state index contributed by atoms with van der Waals surface area (Å²) in [5.74, 6) is -0.451. The van der Waals surface area contributed by atoms with Crippen molar-refractivity contribution < 1.29 is 10.0 Å². The summed E-state index contributed by atoms with van der Waals surface area (Å²) in [6, 6.07) is 0. The summed E-state index contributed by atoms with van der Waals surface area (Å²) in [5.41, 5.74) is 5.65. The molecule has 0 fully saturated rings. The lowest BCUT2D eigenvalue weighted by molar-refractivity contribution is -0.133. The molecule has 112 valence electrons. The molecule has 0 aliphatic rings. The molecule has 1 amide bonds. The highest BCUT2D eigenvalue weighted by Crippen LogP contribution is 2.13. The Morgan fingerprint density at radius 1 is 1.16 bits per heavy atom. The number of amides is 1. The van der Waals surface area contributed by atoms with Crippen molar-refractivity contribution in [3.8, 4) is 0 Å². The minimum atomic E-state index is -0.483. The van der Waals surface area contributed by atoms with E-state index in [1.165, 1.54) is 0 Å². The van der Waals surface area contributed by atoms with E-state index in [-0.39, 0.29) is 11.7 Å². The Kier molecular flexibility index (Phi) is 9.94. The second kappa shape index (κ2) is 10.6. The number of hydrogen-bond donors (Lipinski definition) is 2. The summed E-state index contributed by atoms with van der Waals surface area (Å²) in [7, 11) is 0. The maximum absolute atomic E-state index is 12.5. The Hall–Kier alpha value is -1.26. The number of nitrogens with two attached hydrogens (primary N) is 1. The number of unbranched alkanes of at least 4 members (excludes halogenated alkanes) is 2. The molecule has 0 aliphatic heterocycles. The summed E-state index contributed by atoms with van der Waals surface area (Å²) in [4.78, 5) is 14.4. The Morgan fingerprint density at radius 2 is 1.68 bits per heavy atom. The predicted octanol–water partition coefficient (Wildman–Crippen LogP) is 2.58. The van der Waals surface area contributed by atoms with Crippen LogP contribution in [-0.2, 0) is 4.79 Å². The first kappa shape index (κ1) is 17.7. The van der Waals surface area contributed by atoms with E-state index in [1.54, 1.807) is 0 Å². The number of oxime groups is 1. The molecule has 1 unspecified atom stereocenters. The van der Waals surface area contributed by atoms with Crippen LogP contribution in [0.2, 0.25) is 0 Å². The van der Waals surface area contributed by atoms with Crippen LogP contribution in [0.4, 0.5) is 0 Å². The lowest BCUT2D eigenvalue weighted by Gasteiger charge is -2.26. The van der Waals surface area contributed by atoms with Gasteiger partial charge in [-0.2, -0.15) is 0 Å². The van der Waals surface area contributed by atoms with Crippen molar-refractivity contribution in [2.45, 2.75) is 59.3 Å². The zero-order valence-electron chi connectivity index (χ0n) is 12.6. The van der Waals surface area contributed by atoms with Gasteiger partial charge >= 0.3 is 0 Å². The SMILES string of the molecule is CCCCN(CCCC)C(=O)C(CCC)C(N)=NO. The lowest BCUT2D eigenvalue weighted by Crippen LogP contribution is -2.43. The maximum atomic E-state index is 12.5. The fourth-order valence-corrected chi connectivity index (χ4v) is 2.01. The van der Waals surface area contributed by atoms with Crippen LogP contribution in [0.25, 0.3) is 0 Å². The van der Waals surface area contributed by atoms with E-state index in [2.05, 4.69) is 19.0 Å². The van der Waals surface area contributed by atoms with E-state index in [1.807, 2.05) is 11.8 Å². The zero-order valence-corrected chi connectivity index (χ0v) is 12.6. The zero-order chi connectivity index (χ0) is 14.7. The van der Waals surface area contributed by atoms with Gasteiger partial charge < -0.3 is 15.8 Å². The summed E-state index contributed by atoms with van der Waals surface area (Å²) in [6.07, 6.45) is 5.55. The van der Waals surface area contributed by atoms with Crippen molar-refractivity contribution in [2.75, 3.05) is 13.1 Å². The average Bonchev–Trinajstić information content (AvgIpc) is 2.43. The quantitative estimate of drug-likeness (QED) is 0.277. The molecule has 0 saturated carbocycles. The van der Waals surface area contributed by atoms with Crippen LogP contribution in [0.1, 0.15) is 59.3 Å². The summed E-state index contributed by atoms with van der Waals surface area (Å²) < 4.78 is 0. The van der Waals surface area contributed by atoms with Crippen LogP contribution in [0.15, 0.2) is 5.16 Å². The molecule has 0 rings (SSSR count). The molecule has 0 bridgehead atoms. The molecule has 1 atom stereocenters. The molecule has 3 N–H and O–H groups in total. The number of carbonyl (C=O) groups is 1. The molecular formula is C14H29N3O2. The van der Waals surface area contributed by atoms with E-state index in [4.69, 9.17) is 10.9 Å². The number of hydrogen-bond acceptors (Lipinski definition) is 3. The van der Waals surface area contributed by atoms with Crippen molar-refractivity contribution in [3.63, 3.8) is 0 Å². The van der Waals surface area contributed by atoms with E-state index < -0.39 is 5.92 Å². The lowest BCUT2D eigenvalue weighted by atomic mass is 10.0. The van der Waals surface area contributed by atoms with E-state index in [0.717, 1.165) is 45.2 Å². The molecule has 5 heteroatoms. The third-order valence-corrected chi connectivity index (χ3v) is 3.22. The Morgan fingerprint density at radius 3 is 2.05 bits per heavy atom. The molecule has 0 saturated heterocycles. The summed E-state index contributed by atoms with van der Waals surface area (Å²) in [6.45, 7) is 7.72. The van der Waals surface area contributed by atoms with Crippen LogP contribution in [0.3, 0.4) is 0 Å². The third kappa shape index (κ3) is 6.45. The van der Waals surface area contributed by atoms with Gasteiger partial charge in [-0.15, -0.1) is 0 Å². The third-order valence-electron chi connectivity index (χ3n) is 3.22. The van der Waals surface area contributed by atoms with Crippen LogP contribution in [0, 0.1) is 5.92 Å². The van der Waals surface area contributed by atoms with Gasteiger partial charge in [-0.25, -0.2) is 0 Å². The molecule has 0 aromatic heterocycles. The minimum Gasteiger partial charge on any atom is -0.409 e. The Labute approximate surface area is 116 Å². The molecule has 0 radical (unpaired) electrons. The molecule has 0 aromatic rings. The topological polar surface area (TPSA) is 78.9 Å². The molecule has 0 spiro atoms. The van der Waals surface area contributed by atoms with Gasteiger partial charge in [-0.05, 0) is 19.3 Å². The summed E-state index contributed by atoms with van der Waals surface area (Å²) >= 11 is 0. The van der Waals surface area contributed by atoms with Crippen LogP contribution < -0.4 is 5.73 Å². The van der Waals surface area contributed by atoms with Gasteiger partial charge in [0.15, 0.2) is 5.84 Å². The monoisotopic (exact) mass is 271 g/mol.